The van der Waals surface area contributed by atoms with Gasteiger partial charge in [0.05, 0.1) is 0 Å². The van der Waals surface area contributed by atoms with Crippen molar-refractivity contribution in [2.24, 2.45) is 5.92 Å². The van der Waals surface area contributed by atoms with Gasteiger partial charge in [0.15, 0.2) is 0 Å². The van der Waals surface area contributed by atoms with Crippen molar-refractivity contribution >= 4 is 17.2 Å². The van der Waals surface area contributed by atoms with Gasteiger partial charge < -0.3 is 0 Å². The summed E-state index contributed by atoms with van der Waals surface area (Å²) in [5.41, 5.74) is 14.9. The molecule has 31 heavy (non-hydrogen) atoms. The van der Waals surface area contributed by atoms with Gasteiger partial charge in [0.1, 0.15) is 0 Å². The Kier molecular flexibility index (Phi) is 5.99. The van der Waals surface area contributed by atoms with E-state index in [0.717, 1.165) is 6.42 Å². The van der Waals surface area contributed by atoms with E-state index in [1.807, 2.05) is 0 Å². The average Bonchev–Trinajstić information content (AvgIpc) is 3.15. The van der Waals surface area contributed by atoms with E-state index >= 15 is 0 Å². The zero-order valence-electron chi connectivity index (χ0n) is 18.7. The first-order valence-electron chi connectivity index (χ1n) is 11.4. The van der Waals surface area contributed by atoms with E-state index < -0.39 is 19.1 Å². The summed E-state index contributed by atoms with van der Waals surface area (Å²) in [6, 6.07) is 18.0. The Morgan fingerprint density at radius 2 is 1.45 bits per heavy atom. The first kappa shape index (κ1) is 21.9. The summed E-state index contributed by atoms with van der Waals surface area (Å²) in [5.74, 6) is 0.733. The zero-order valence-corrected chi connectivity index (χ0v) is 23.8. The summed E-state index contributed by atoms with van der Waals surface area (Å²) in [4.78, 5) is 0. The summed E-state index contributed by atoms with van der Waals surface area (Å²) >= 11 is -2.71. The molecule has 0 aliphatic heterocycles. The molecule has 0 N–H and O–H groups in total. The first-order chi connectivity index (χ1) is 14.9. The number of hydrogen-bond acceptors (Lipinski definition) is 0. The van der Waals surface area contributed by atoms with Gasteiger partial charge in [-0.1, -0.05) is 0 Å². The molecule has 0 fully saturated rings. The number of benzene rings is 2. The van der Waals surface area contributed by atoms with Gasteiger partial charge in [-0.15, -0.1) is 0 Å². The summed E-state index contributed by atoms with van der Waals surface area (Å²) in [5, 5.41) is 0. The molecule has 0 amide bonds. The fourth-order valence-electron chi connectivity index (χ4n) is 6.44. The molecule has 0 heterocycles. The molecular formula is C28H29Cl2Hf. The van der Waals surface area contributed by atoms with Crippen molar-refractivity contribution in [3.8, 4) is 11.1 Å². The molecule has 0 radical (unpaired) electrons. The first-order valence-corrected chi connectivity index (χ1v) is 22.4. The summed E-state index contributed by atoms with van der Waals surface area (Å²) in [7, 11) is 13.7. The third-order valence-corrected chi connectivity index (χ3v) is 15.6. The van der Waals surface area contributed by atoms with Crippen LogP contribution in [0.3, 0.4) is 0 Å². The maximum atomic E-state index is 6.87. The van der Waals surface area contributed by atoms with E-state index in [9.17, 15) is 0 Å². The predicted molar refractivity (Wildman–Crippen MR) is 130 cm³/mol. The molecule has 2 unspecified atom stereocenters. The molecule has 3 heteroatoms. The average molecular weight is 615 g/mol. The van der Waals surface area contributed by atoms with Crippen LogP contribution in [-0.4, -0.2) is 0 Å². The second kappa shape index (κ2) is 8.47. The van der Waals surface area contributed by atoms with Crippen LogP contribution in [0.2, 0.25) is 3.67 Å². The summed E-state index contributed by atoms with van der Waals surface area (Å²) < 4.78 is 0.345. The van der Waals surface area contributed by atoms with Gasteiger partial charge in [-0.3, -0.25) is 0 Å². The van der Waals surface area contributed by atoms with Crippen molar-refractivity contribution in [1.82, 2.24) is 0 Å². The van der Waals surface area contributed by atoms with Crippen molar-refractivity contribution in [2.75, 3.05) is 0 Å². The summed E-state index contributed by atoms with van der Waals surface area (Å²) in [6.45, 7) is 9.33. The Morgan fingerprint density at radius 1 is 0.871 bits per heavy atom. The Bertz CT molecular complexity index is 1100. The van der Waals surface area contributed by atoms with Gasteiger partial charge in [0.25, 0.3) is 0 Å². The quantitative estimate of drug-likeness (QED) is 0.234. The van der Waals surface area contributed by atoms with Crippen LogP contribution < -0.4 is 0 Å². The Hall–Kier alpha value is -0.890. The minimum atomic E-state index is -2.71. The SMILES string of the molecule is CC(C)=C1CCCC2=C(C(C3c4ccccc4-c4ccccc43)=C(C)[CH]2[Hf]([Cl])[Cl])C1C. The third-order valence-electron chi connectivity index (χ3n) is 7.67. The second-order valence-electron chi connectivity index (χ2n) is 9.47. The zero-order chi connectivity index (χ0) is 21.9. The van der Waals surface area contributed by atoms with E-state index in [1.54, 1.807) is 16.7 Å². The Morgan fingerprint density at radius 3 is 2.00 bits per heavy atom. The number of rotatable bonds is 2. The molecule has 3 aliphatic carbocycles. The number of halogens is 2. The molecule has 3 aliphatic rings. The Balaban J connectivity index is 1.78. The molecule has 2 aromatic carbocycles. The molecule has 2 aromatic rings. The van der Waals surface area contributed by atoms with Crippen LogP contribution >= 0.6 is 17.2 Å². The second-order valence-corrected chi connectivity index (χ2v) is 21.9. The molecule has 0 nitrogen and oxygen atoms in total. The summed E-state index contributed by atoms with van der Waals surface area (Å²) in [6.07, 6.45) is 3.55. The number of fused-ring (bicyclic) bond motifs is 3. The fourth-order valence-corrected chi connectivity index (χ4v) is 15.0. The Labute approximate surface area is 201 Å². The van der Waals surface area contributed by atoms with Crippen LogP contribution in [0.1, 0.15) is 64.0 Å². The van der Waals surface area contributed by atoms with E-state index in [0.29, 0.717) is 15.5 Å². The molecular weight excluding hydrogens is 586 g/mol. The van der Waals surface area contributed by atoms with Gasteiger partial charge >= 0.3 is 203 Å². The van der Waals surface area contributed by atoms with Crippen LogP contribution in [0.4, 0.5) is 0 Å². The van der Waals surface area contributed by atoms with Crippen molar-refractivity contribution in [1.29, 1.82) is 0 Å². The fraction of sp³-hybridized carbons (Fsp3) is 0.357. The molecule has 0 bridgehead atoms. The van der Waals surface area contributed by atoms with Gasteiger partial charge in [-0.2, -0.15) is 0 Å². The molecule has 5 rings (SSSR count). The molecule has 0 aromatic heterocycles. The van der Waals surface area contributed by atoms with Crippen LogP contribution in [0.25, 0.3) is 11.1 Å². The van der Waals surface area contributed by atoms with Gasteiger partial charge in [-0.25, -0.2) is 0 Å². The molecule has 0 spiro atoms. The van der Waals surface area contributed by atoms with Crippen LogP contribution in [0.15, 0.2) is 82.0 Å². The van der Waals surface area contributed by atoms with Crippen molar-refractivity contribution in [3.05, 3.63) is 93.1 Å². The van der Waals surface area contributed by atoms with Gasteiger partial charge in [-0.05, 0) is 0 Å². The van der Waals surface area contributed by atoms with Crippen LogP contribution in [0.5, 0.6) is 0 Å². The van der Waals surface area contributed by atoms with Crippen molar-refractivity contribution in [3.63, 3.8) is 0 Å². The van der Waals surface area contributed by atoms with Crippen LogP contribution in [0, 0.1) is 5.92 Å². The molecule has 0 saturated heterocycles. The molecule has 159 valence electrons. The van der Waals surface area contributed by atoms with Crippen molar-refractivity contribution < 1.29 is 19.1 Å². The van der Waals surface area contributed by atoms with Crippen molar-refractivity contribution in [2.45, 2.75) is 56.5 Å². The third kappa shape index (κ3) is 3.42. The van der Waals surface area contributed by atoms with E-state index in [2.05, 4.69) is 76.2 Å². The molecule has 0 saturated carbocycles. The topological polar surface area (TPSA) is 0 Å². The number of hydrogen-bond donors (Lipinski definition) is 0. The monoisotopic (exact) mass is 615 g/mol. The minimum absolute atomic E-state index is 0.292. The molecule has 2 atom stereocenters. The van der Waals surface area contributed by atoms with E-state index in [1.165, 1.54) is 51.8 Å². The van der Waals surface area contributed by atoms with E-state index in [-0.39, 0.29) is 0 Å². The van der Waals surface area contributed by atoms with E-state index in [4.69, 9.17) is 17.2 Å². The standard InChI is InChI=1S/C28H29.2ClH.Hf/c1-17(2)21-15-9-10-20-16-18(3)26(27(20)19(21)4)28-24-13-7-5-11-22(24)23-12-6-8-14-25(23)28;;;/h5-8,11-14,16,19,28H,9-10,15H2,1-4H3;2*1H;/q;;;+2/p-2. The van der Waals surface area contributed by atoms with Gasteiger partial charge in [0, 0.05) is 0 Å². The predicted octanol–water partition coefficient (Wildman–Crippen LogP) is 9.30. The maximum absolute atomic E-state index is 6.87. The van der Waals surface area contributed by atoms with Gasteiger partial charge in [0.2, 0.25) is 0 Å². The normalized spacial score (nSPS) is 23.0. The van der Waals surface area contributed by atoms with Crippen LogP contribution in [-0.2, 0) is 19.1 Å². The number of allylic oxidation sites excluding steroid dienone is 6.